The molecule has 0 radical (unpaired) electrons. The van der Waals surface area contributed by atoms with Crippen molar-refractivity contribution in [2.24, 2.45) is 22.2 Å². The van der Waals surface area contributed by atoms with E-state index < -0.39 is 79.9 Å². The highest BCUT2D eigenvalue weighted by Gasteiger charge is 2.23. The Hall–Kier alpha value is -4.77. The van der Waals surface area contributed by atoms with Gasteiger partial charge in [-0.3, -0.25) is 29.0 Å². The lowest BCUT2D eigenvalue weighted by Gasteiger charge is -2.19. The lowest BCUT2D eigenvalue weighted by Crippen LogP contribution is -2.52. The summed E-state index contributed by atoms with van der Waals surface area (Å²) in [6.07, 6.45) is 0.388. The van der Waals surface area contributed by atoms with Gasteiger partial charge in [-0.25, -0.2) is 4.79 Å². The molecule has 0 aromatic heterocycles. The normalized spacial score (nSPS) is 12.5. The molecule has 3 atom stereocenters. The van der Waals surface area contributed by atoms with Gasteiger partial charge in [0.25, 0.3) is 0 Å². The lowest BCUT2D eigenvalue weighted by molar-refractivity contribution is -0.141. The summed E-state index contributed by atoms with van der Waals surface area (Å²) < 4.78 is 0. The molecule has 226 valence electrons. The summed E-state index contributed by atoms with van der Waals surface area (Å²) >= 11 is 0. The summed E-state index contributed by atoms with van der Waals surface area (Å²) in [7, 11) is 0. The fourth-order valence-corrected chi connectivity index (χ4v) is 3.23. The van der Waals surface area contributed by atoms with Crippen LogP contribution < -0.4 is 43.8 Å². The van der Waals surface area contributed by atoms with Gasteiger partial charge < -0.3 is 54.0 Å². The van der Waals surface area contributed by atoms with Crippen molar-refractivity contribution in [1.29, 1.82) is 0 Å². The van der Waals surface area contributed by atoms with E-state index in [9.17, 15) is 33.9 Å². The number of carbonyl (C=O) groups is 6. The predicted octanol–water partition coefficient (Wildman–Crippen LogP) is -4.99. The molecule has 0 spiro atoms. The molecule has 1 aromatic rings. The molecule has 17 nitrogen and oxygen atoms in total. The van der Waals surface area contributed by atoms with Crippen molar-refractivity contribution in [2.75, 3.05) is 32.8 Å². The van der Waals surface area contributed by atoms with Gasteiger partial charge in [-0.2, -0.15) is 0 Å². The zero-order chi connectivity index (χ0) is 30.8. The van der Waals surface area contributed by atoms with Crippen molar-refractivity contribution in [3.8, 4) is 0 Å². The van der Waals surface area contributed by atoms with Crippen LogP contribution in [0.3, 0.4) is 0 Å². The number of hydrogen-bond acceptors (Lipinski definition) is 9. The Morgan fingerprint density at radius 1 is 0.805 bits per heavy atom. The number of aliphatic carboxylic acids is 1. The SMILES string of the molecule is NC(N)=NCCC[C@H](NC(=O)CNC(=O)[C@@H](N)CO)C(=O)NCC(=O)NCC(=O)N[C@@H](Cc1ccccc1)C(=O)O. The molecule has 0 bridgehead atoms. The van der Waals surface area contributed by atoms with Crippen LogP contribution in [0.2, 0.25) is 0 Å². The van der Waals surface area contributed by atoms with Gasteiger partial charge in [0, 0.05) is 13.0 Å². The van der Waals surface area contributed by atoms with E-state index in [1.54, 1.807) is 30.3 Å². The Morgan fingerprint density at radius 2 is 1.37 bits per heavy atom. The quantitative estimate of drug-likeness (QED) is 0.0446. The van der Waals surface area contributed by atoms with Crippen molar-refractivity contribution in [3.05, 3.63) is 35.9 Å². The fraction of sp³-hybridized carbons (Fsp3) is 0.458. The molecule has 17 heteroatoms. The van der Waals surface area contributed by atoms with E-state index in [-0.39, 0.29) is 31.8 Å². The molecule has 0 unspecified atom stereocenters. The Kier molecular flexibility index (Phi) is 15.5. The zero-order valence-corrected chi connectivity index (χ0v) is 22.3. The number of aliphatic imine (C=N–C) groups is 1. The lowest BCUT2D eigenvalue weighted by atomic mass is 10.1. The molecule has 0 saturated carbocycles. The Bertz CT molecular complexity index is 1080. The first-order valence-corrected chi connectivity index (χ1v) is 12.5. The fourth-order valence-electron chi connectivity index (χ4n) is 3.23. The van der Waals surface area contributed by atoms with Gasteiger partial charge in [0.05, 0.1) is 26.2 Å². The van der Waals surface area contributed by atoms with E-state index in [0.29, 0.717) is 5.56 Å². The van der Waals surface area contributed by atoms with Crippen LogP contribution in [0, 0.1) is 0 Å². The number of nitrogens with zero attached hydrogens (tertiary/aromatic N) is 1. The first-order chi connectivity index (χ1) is 19.4. The van der Waals surface area contributed by atoms with Gasteiger partial charge in [-0.1, -0.05) is 30.3 Å². The van der Waals surface area contributed by atoms with Crippen LogP contribution in [-0.4, -0.2) is 103 Å². The standard InChI is InChI=1S/C24H37N9O8/c25-15(13-34)21(38)30-12-20(37)32-16(7-4-8-28-24(26)27)22(39)31-10-18(35)29-11-19(36)33-17(23(40)41)9-14-5-2-1-3-6-14/h1-3,5-6,15-17,34H,4,7-13,25H2,(H,29,35)(H,30,38)(H,31,39)(H,32,37)(H,33,36)(H,40,41)(H4,26,27,28)/t15-,16-,17-/m0/s1. The maximum atomic E-state index is 12.7. The molecule has 0 saturated heterocycles. The minimum absolute atomic E-state index is 0.0418. The summed E-state index contributed by atoms with van der Waals surface area (Å²) in [6.45, 7) is -2.09. The Balaban J connectivity index is 2.59. The number of nitrogens with one attached hydrogen (secondary N) is 5. The molecular weight excluding hydrogens is 542 g/mol. The first-order valence-electron chi connectivity index (χ1n) is 12.5. The van der Waals surface area contributed by atoms with Crippen LogP contribution >= 0.6 is 0 Å². The third-order valence-electron chi connectivity index (χ3n) is 5.34. The summed E-state index contributed by atoms with van der Waals surface area (Å²) in [5.41, 5.74) is 16.6. The monoisotopic (exact) mass is 579 g/mol. The van der Waals surface area contributed by atoms with E-state index >= 15 is 0 Å². The molecule has 0 fully saturated rings. The number of carboxylic acid groups (broad SMARTS) is 1. The van der Waals surface area contributed by atoms with Crippen molar-refractivity contribution in [1.82, 2.24) is 26.6 Å². The number of aliphatic hydroxyl groups is 1. The van der Waals surface area contributed by atoms with Gasteiger partial charge in [0.1, 0.15) is 18.1 Å². The number of guanidine groups is 1. The molecule has 5 amide bonds. The second-order valence-electron chi connectivity index (χ2n) is 8.72. The van der Waals surface area contributed by atoms with Gasteiger partial charge in [0.15, 0.2) is 5.96 Å². The molecule has 1 aromatic carbocycles. The number of nitrogens with two attached hydrogens (primary N) is 3. The number of amides is 5. The predicted molar refractivity (Wildman–Crippen MR) is 146 cm³/mol. The second kappa shape index (κ2) is 18.5. The smallest absolute Gasteiger partial charge is 0.326 e. The number of benzene rings is 1. The third kappa shape index (κ3) is 14.8. The van der Waals surface area contributed by atoms with Crippen molar-refractivity contribution >= 4 is 41.5 Å². The Morgan fingerprint density at radius 3 is 1.95 bits per heavy atom. The van der Waals surface area contributed by atoms with Crippen LogP contribution in [-0.2, 0) is 35.2 Å². The molecule has 0 aliphatic rings. The van der Waals surface area contributed by atoms with Crippen LogP contribution in [0.25, 0.3) is 0 Å². The highest BCUT2D eigenvalue weighted by molar-refractivity contribution is 5.93. The molecule has 0 heterocycles. The van der Waals surface area contributed by atoms with Crippen molar-refractivity contribution < 1.29 is 39.0 Å². The summed E-state index contributed by atoms with van der Waals surface area (Å²) in [5.74, 6) is -5.16. The minimum atomic E-state index is -1.25. The van der Waals surface area contributed by atoms with E-state index in [1.165, 1.54) is 0 Å². The van der Waals surface area contributed by atoms with E-state index in [0.717, 1.165) is 0 Å². The van der Waals surface area contributed by atoms with Gasteiger partial charge in [0.2, 0.25) is 29.5 Å². The highest BCUT2D eigenvalue weighted by atomic mass is 16.4. The molecule has 0 aliphatic carbocycles. The topological polar surface area (TPSA) is 293 Å². The van der Waals surface area contributed by atoms with Gasteiger partial charge in [-0.05, 0) is 18.4 Å². The van der Waals surface area contributed by atoms with Crippen LogP contribution in [0.5, 0.6) is 0 Å². The summed E-state index contributed by atoms with van der Waals surface area (Å²) in [5, 5.41) is 29.8. The highest BCUT2D eigenvalue weighted by Crippen LogP contribution is 2.03. The summed E-state index contributed by atoms with van der Waals surface area (Å²) in [4.78, 5) is 76.2. The molecular formula is C24H37N9O8. The van der Waals surface area contributed by atoms with E-state index in [4.69, 9.17) is 22.3 Å². The van der Waals surface area contributed by atoms with Crippen LogP contribution in [0.15, 0.2) is 35.3 Å². The average molecular weight is 580 g/mol. The van der Waals surface area contributed by atoms with Gasteiger partial charge in [-0.15, -0.1) is 0 Å². The number of hydrogen-bond donors (Lipinski definition) is 10. The van der Waals surface area contributed by atoms with Crippen LogP contribution in [0.4, 0.5) is 0 Å². The number of rotatable bonds is 18. The van der Waals surface area contributed by atoms with E-state index in [2.05, 4.69) is 31.6 Å². The largest absolute Gasteiger partial charge is 0.480 e. The number of carbonyl (C=O) groups excluding carboxylic acids is 5. The van der Waals surface area contributed by atoms with E-state index in [1.807, 2.05) is 0 Å². The minimum Gasteiger partial charge on any atom is -0.480 e. The third-order valence-corrected chi connectivity index (χ3v) is 5.34. The molecule has 13 N–H and O–H groups in total. The van der Waals surface area contributed by atoms with Crippen molar-refractivity contribution in [3.63, 3.8) is 0 Å². The first kappa shape index (κ1) is 34.3. The van der Waals surface area contributed by atoms with Crippen LogP contribution in [0.1, 0.15) is 18.4 Å². The maximum Gasteiger partial charge on any atom is 0.326 e. The number of aliphatic hydroxyl groups excluding tert-OH is 1. The maximum absolute atomic E-state index is 12.7. The van der Waals surface area contributed by atoms with Gasteiger partial charge >= 0.3 is 5.97 Å². The molecule has 1 rings (SSSR count). The summed E-state index contributed by atoms with van der Waals surface area (Å²) in [6, 6.07) is 5.10. The molecule has 0 aliphatic heterocycles. The average Bonchev–Trinajstić information content (AvgIpc) is 2.94. The molecule has 41 heavy (non-hydrogen) atoms. The Labute approximate surface area is 235 Å². The zero-order valence-electron chi connectivity index (χ0n) is 22.3. The second-order valence-corrected chi connectivity index (χ2v) is 8.72. The van der Waals surface area contributed by atoms with Crippen molar-refractivity contribution in [2.45, 2.75) is 37.4 Å². The number of carboxylic acids is 1.